The molecule has 1 N–H and O–H groups in total. The number of ether oxygens (including phenoxy) is 1. The highest BCUT2D eigenvalue weighted by Crippen LogP contribution is 2.74. The molecule has 8 nitrogen and oxygen atoms in total. The summed E-state index contributed by atoms with van der Waals surface area (Å²) < 4.78 is 52.4. The van der Waals surface area contributed by atoms with Crippen LogP contribution in [0.5, 0.6) is 5.75 Å². The van der Waals surface area contributed by atoms with E-state index in [4.69, 9.17) is 9.26 Å². The Balaban J connectivity index is 1.07. The van der Waals surface area contributed by atoms with Crippen LogP contribution in [0.4, 0.5) is 25.0 Å². The highest BCUT2D eigenvalue weighted by Gasteiger charge is 2.77. The summed E-state index contributed by atoms with van der Waals surface area (Å²) in [6.45, 7) is 3.40. The Labute approximate surface area is 187 Å². The number of aromatic nitrogens is 4. The summed E-state index contributed by atoms with van der Waals surface area (Å²) in [5.41, 5.74) is -0.0938. The van der Waals surface area contributed by atoms with Gasteiger partial charge in [0.1, 0.15) is 12.0 Å². The van der Waals surface area contributed by atoms with Gasteiger partial charge in [-0.2, -0.15) is 18.2 Å². The van der Waals surface area contributed by atoms with Gasteiger partial charge in [-0.25, -0.2) is 4.52 Å². The molecule has 0 aromatic carbocycles. The van der Waals surface area contributed by atoms with Gasteiger partial charge >= 0.3 is 6.18 Å². The fourth-order valence-electron chi connectivity index (χ4n) is 5.98. The fourth-order valence-corrected chi connectivity index (χ4v) is 5.98. The highest BCUT2D eigenvalue weighted by atomic mass is 19.4. The first-order valence-electron chi connectivity index (χ1n) is 11.3. The lowest BCUT2D eigenvalue weighted by atomic mass is 9.71. The maximum atomic E-state index is 13.3. The summed E-state index contributed by atoms with van der Waals surface area (Å²) in [5, 5.41) is 12.0. The monoisotopic (exact) mass is 460 g/mol. The minimum Gasteiger partial charge on any atom is -0.489 e. The zero-order valence-electron chi connectivity index (χ0n) is 18.0. The van der Waals surface area contributed by atoms with Crippen molar-refractivity contribution in [2.75, 3.05) is 29.9 Å². The maximum Gasteiger partial charge on any atom is 0.397 e. The van der Waals surface area contributed by atoms with Gasteiger partial charge in [-0.3, -0.25) is 0 Å². The number of fused-ring (bicyclic) bond motifs is 1. The summed E-state index contributed by atoms with van der Waals surface area (Å²) in [6, 6.07) is 5.58. The van der Waals surface area contributed by atoms with Gasteiger partial charge in [0.25, 0.3) is 0 Å². The molecule has 3 aromatic heterocycles. The van der Waals surface area contributed by atoms with E-state index in [1.807, 2.05) is 13.0 Å². The number of anilines is 2. The van der Waals surface area contributed by atoms with Crippen LogP contribution in [0.15, 0.2) is 28.9 Å². The molecule has 4 fully saturated rings. The van der Waals surface area contributed by atoms with Crippen LogP contribution in [-0.4, -0.2) is 51.7 Å². The lowest BCUT2D eigenvalue weighted by Gasteiger charge is -2.38. The third-order valence-electron chi connectivity index (χ3n) is 8.19. The Kier molecular flexibility index (Phi) is 3.61. The summed E-state index contributed by atoms with van der Waals surface area (Å²) in [4.78, 5) is 6.82. The molecular formula is C22H23F3N6O2. The fraction of sp³-hybridized carbons (Fsp3) is 0.591. The Hall–Kier alpha value is -2.98. The Morgan fingerprint density at radius 3 is 2.88 bits per heavy atom. The van der Waals surface area contributed by atoms with Crippen molar-refractivity contribution in [3.8, 4) is 5.75 Å². The van der Waals surface area contributed by atoms with Crippen LogP contribution in [0.25, 0.3) is 5.65 Å². The molecule has 33 heavy (non-hydrogen) atoms. The first-order valence-corrected chi connectivity index (χ1v) is 11.3. The molecule has 1 spiro atoms. The molecule has 3 aromatic rings. The van der Waals surface area contributed by atoms with Crippen molar-refractivity contribution in [2.24, 2.45) is 22.7 Å². The van der Waals surface area contributed by atoms with Crippen molar-refractivity contribution in [3.63, 3.8) is 0 Å². The van der Waals surface area contributed by atoms with Crippen molar-refractivity contribution < 1.29 is 22.4 Å². The second-order valence-electron chi connectivity index (χ2n) is 10.2. The number of nitrogens with zero attached hydrogens (tertiary/aromatic N) is 5. The molecule has 174 valence electrons. The van der Waals surface area contributed by atoms with E-state index in [0.717, 1.165) is 24.7 Å². The summed E-state index contributed by atoms with van der Waals surface area (Å²) in [6.07, 6.45) is -1.14. The van der Waals surface area contributed by atoms with Gasteiger partial charge in [0.15, 0.2) is 11.4 Å². The first-order chi connectivity index (χ1) is 15.8. The van der Waals surface area contributed by atoms with Crippen LogP contribution in [-0.2, 0) is 0 Å². The van der Waals surface area contributed by atoms with Crippen LogP contribution >= 0.6 is 0 Å². The summed E-state index contributed by atoms with van der Waals surface area (Å²) >= 11 is 0. The van der Waals surface area contributed by atoms with Crippen molar-refractivity contribution in [3.05, 3.63) is 30.1 Å². The van der Waals surface area contributed by atoms with E-state index in [1.54, 1.807) is 22.8 Å². The molecule has 3 aliphatic carbocycles. The lowest BCUT2D eigenvalue weighted by Crippen LogP contribution is -2.47. The number of nitrogens with one attached hydrogen (secondary N) is 1. The largest absolute Gasteiger partial charge is 0.489 e. The molecule has 0 amide bonds. The van der Waals surface area contributed by atoms with Gasteiger partial charge in [-0.15, -0.1) is 5.10 Å². The zero-order chi connectivity index (χ0) is 22.6. The molecule has 1 saturated heterocycles. The molecule has 7 rings (SSSR count). The van der Waals surface area contributed by atoms with Gasteiger partial charge in [0.2, 0.25) is 11.8 Å². The number of alkyl halides is 3. The molecular weight excluding hydrogens is 437 g/mol. The Bertz CT molecular complexity index is 1250. The van der Waals surface area contributed by atoms with E-state index in [2.05, 4.69) is 25.5 Å². The molecule has 0 bridgehead atoms. The number of hydrogen-bond donors (Lipinski definition) is 1. The predicted octanol–water partition coefficient (Wildman–Crippen LogP) is 3.68. The third-order valence-corrected chi connectivity index (χ3v) is 8.19. The molecule has 11 heteroatoms. The molecule has 1 aliphatic heterocycles. The SMILES string of the molecule is Cc1cc(N2C[C@H]3[C@H](Nc4nc5c(OCC6(C(F)(F)F)CC6)cccn5n4)[C@@H]4CC34C2)on1. The van der Waals surface area contributed by atoms with Crippen LogP contribution in [0.2, 0.25) is 0 Å². The Morgan fingerprint density at radius 1 is 1.30 bits per heavy atom. The molecule has 4 atom stereocenters. The zero-order valence-corrected chi connectivity index (χ0v) is 18.0. The molecule has 4 aliphatic rings. The van der Waals surface area contributed by atoms with Crippen molar-refractivity contribution >= 4 is 17.5 Å². The number of pyridine rings is 1. The van der Waals surface area contributed by atoms with Gasteiger partial charge in [-0.1, -0.05) is 5.16 Å². The molecule has 1 unspecified atom stereocenters. The van der Waals surface area contributed by atoms with E-state index in [1.165, 1.54) is 6.42 Å². The van der Waals surface area contributed by atoms with E-state index in [-0.39, 0.29) is 18.9 Å². The minimum absolute atomic E-state index is 0.107. The van der Waals surface area contributed by atoms with Gasteiger partial charge in [0, 0.05) is 37.3 Å². The highest BCUT2D eigenvalue weighted by molar-refractivity contribution is 5.56. The van der Waals surface area contributed by atoms with Gasteiger partial charge in [-0.05, 0) is 49.7 Å². The first kappa shape index (κ1) is 19.5. The third kappa shape index (κ3) is 2.73. The van der Waals surface area contributed by atoms with E-state index >= 15 is 0 Å². The minimum atomic E-state index is -4.25. The van der Waals surface area contributed by atoms with Crippen LogP contribution in [0, 0.1) is 29.6 Å². The quantitative estimate of drug-likeness (QED) is 0.601. The maximum absolute atomic E-state index is 13.3. The smallest absolute Gasteiger partial charge is 0.397 e. The summed E-state index contributed by atoms with van der Waals surface area (Å²) in [5.74, 6) is 2.65. The summed E-state index contributed by atoms with van der Waals surface area (Å²) in [7, 11) is 0. The number of rotatable bonds is 6. The average Bonchev–Trinajstić information content (AvgIpc) is 3.49. The topological polar surface area (TPSA) is 80.7 Å². The van der Waals surface area contributed by atoms with E-state index < -0.39 is 18.2 Å². The van der Waals surface area contributed by atoms with Gasteiger partial charge in [0.05, 0.1) is 5.69 Å². The Morgan fingerprint density at radius 2 is 2.15 bits per heavy atom. The van der Waals surface area contributed by atoms with Crippen LogP contribution in [0.1, 0.15) is 25.0 Å². The molecule has 0 radical (unpaired) electrons. The van der Waals surface area contributed by atoms with E-state index in [9.17, 15) is 13.2 Å². The molecule has 3 saturated carbocycles. The second-order valence-corrected chi connectivity index (χ2v) is 10.2. The second kappa shape index (κ2) is 6.12. The standard InChI is InChI=1S/C22H23F3N6O2/c1-12-7-16(33-29-12)30-9-14-17(13-8-21(13,14)10-30)26-19-27-18-15(3-2-6-31(18)28-19)32-11-20(4-5-20)22(23,24)25/h2-3,6-7,13-14,17H,4-5,8-11H2,1H3,(H,26,28)/t13-,14-,17+,21?/m0/s1. The van der Waals surface area contributed by atoms with Crippen LogP contribution in [0.3, 0.4) is 0 Å². The average molecular weight is 460 g/mol. The molecule has 4 heterocycles. The van der Waals surface area contributed by atoms with Crippen LogP contribution < -0.4 is 15.0 Å². The van der Waals surface area contributed by atoms with Crippen molar-refractivity contribution in [1.29, 1.82) is 0 Å². The lowest BCUT2D eigenvalue weighted by molar-refractivity contribution is -0.194. The predicted molar refractivity (Wildman–Crippen MR) is 111 cm³/mol. The number of halogens is 3. The van der Waals surface area contributed by atoms with Crippen molar-refractivity contribution in [1.82, 2.24) is 19.8 Å². The number of aryl methyl sites for hydroxylation is 1. The number of hydrogen-bond acceptors (Lipinski definition) is 7. The van der Waals surface area contributed by atoms with Crippen molar-refractivity contribution in [2.45, 2.75) is 38.4 Å². The van der Waals surface area contributed by atoms with Gasteiger partial charge < -0.3 is 19.5 Å². The normalized spacial score (nSPS) is 31.2. The van der Waals surface area contributed by atoms with E-state index in [0.29, 0.717) is 34.6 Å².